The Kier molecular flexibility index (Phi) is 2.55. The number of carbonyl (C=O) groups excluding carboxylic acids is 1. The number of unbranched alkanes of at least 4 members (excludes halogenated alkanes) is 1. The first-order valence-corrected chi connectivity index (χ1v) is 4.52. The molecule has 3 nitrogen and oxygen atoms in total. The van der Waals surface area contributed by atoms with Gasteiger partial charge in [-0.1, -0.05) is 19.4 Å². The molecule has 0 saturated heterocycles. The lowest BCUT2D eigenvalue weighted by Gasteiger charge is -2.08. The van der Waals surface area contributed by atoms with Gasteiger partial charge in [-0.05, 0) is 25.3 Å². The molecule has 1 aliphatic rings. The molecule has 13 heavy (non-hydrogen) atoms. The van der Waals surface area contributed by atoms with Crippen molar-refractivity contribution < 1.29 is 14.7 Å². The van der Waals surface area contributed by atoms with Gasteiger partial charge in [-0.25, -0.2) is 0 Å². The molecule has 0 bridgehead atoms. The molecule has 72 valence electrons. The summed E-state index contributed by atoms with van der Waals surface area (Å²) in [6.45, 7) is 3.38. The number of carboxylic acids is 1. The molecule has 0 heterocycles. The van der Waals surface area contributed by atoms with Crippen molar-refractivity contribution in [1.29, 1.82) is 0 Å². The summed E-state index contributed by atoms with van der Waals surface area (Å²) in [5.74, 6) is -1.29. The summed E-state index contributed by atoms with van der Waals surface area (Å²) in [5.41, 5.74) is -0.427. The molecule has 0 aliphatic heterocycles. The van der Waals surface area contributed by atoms with E-state index in [1.54, 1.807) is 6.08 Å². The van der Waals surface area contributed by atoms with Crippen molar-refractivity contribution in [2.24, 2.45) is 5.41 Å². The van der Waals surface area contributed by atoms with E-state index in [0.717, 1.165) is 24.8 Å². The molecule has 1 aliphatic carbocycles. The topological polar surface area (TPSA) is 54.4 Å². The maximum atomic E-state index is 11.1. The van der Waals surface area contributed by atoms with Crippen LogP contribution in [0.25, 0.3) is 0 Å². The third kappa shape index (κ3) is 1.50. The van der Waals surface area contributed by atoms with Crippen molar-refractivity contribution in [3.8, 4) is 0 Å². The molecule has 0 aromatic rings. The van der Waals surface area contributed by atoms with Crippen molar-refractivity contribution in [1.82, 2.24) is 0 Å². The molecule has 0 aromatic carbocycles. The summed E-state index contributed by atoms with van der Waals surface area (Å²) in [5, 5.41) is 8.87. The third-order valence-electron chi connectivity index (χ3n) is 2.51. The van der Waals surface area contributed by atoms with Crippen molar-refractivity contribution >= 4 is 11.8 Å². The number of carboxylic acid groups (broad SMARTS) is 1. The molecule has 3 heteroatoms. The summed E-state index contributed by atoms with van der Waals surface area (Å²) >= 11 is 0. The van der Waals surface area contributed by atoms with Crippen LogP contribution >= 0.6 is 0 Å². The molecule has 0 aromatic heterocycles. The average Bonchev–Trinajstić information content (AvgIpc) is 2.76. The number of carbonyl (C=O) groups is 2. The van der Waals surface area contributed by atoms with Crippen molar-refractivity contribution in [2.45, 2.75) is 33.1 Å². The second-order valence-corrected chi connectivity index (χ2v) is 3.44. The molecular formula is C10H14O3. The third-order valence-corrected chi connectivity index (χ3v) is 2.51. The Balaban J connectivity index is 2.60. The summed E-state index contributed by atoms with van der Waals surface area (Å²) < 4.78 is 0. The summed E-state index contributed by atoms with van der Waals surface area (Å²) in [4.78, 5) is 21.9. The molecule has 0 saturated carbocycles. The van der Waals surface area contributed by atoms with E-state index >= 15 is 0 Å². The predicted molar refractivity (Wildman–Crippen MR) is 48.4 cm³/mol. The second kappa shape index (κ2) is 3.32. The Morgan fingerprint density at radius 2 is 2.15 bits per heavy atom. The highest BCUT2D eigenvalue weighted by atomic mass is 16.4. The van der Waals surface area contributed by atoms with Crippen LogP contribution < -0.4 is 0 Å². The number of ketones is 1. The largest absolute Gasteiger partial charge is 0.480 e. The highest BCUT2D eigenvalue weighted by Crippen LogP contribution is 2.47. The van der Waals surface area contributed by atoms with Crippen molar-refractivity contribution in [3.63, 3.8) is 0 Å². The normalized spacial score (nSPS) is 25.2. The summed E-state index contributed by atoms with van der Waals surface area (Å²) in [7, 11) is 0. The monoisotopic (exact) mass is 182 g/mol. The number of rotatable bonds is 5. The second-order valence-electron chi connectivity index (χ2n) is 3.44. The van der Waals surface area contributed by atoms with E-state index in [9.17, 15) is 9.59 Å². The number of hydrogen-bond acceptors (Lipinski definition) is 2. The van der Waals surface area contributed by atoms with E-state index in [1.165, 1.54) is 6.92 Å². The van der Waals surface area contributed by atoms with Crippen LogP contribution in [-0.4, -0.2) is 16.9 Å². The van der Waals surface area contributed by atoms with Gasteiger partial charge in [0, 0.05) is 0 Å². The van der Waals surface area contributed by atoms with E-state index in [2.05, 4.69) is 0 Å². The van der Waals surface area contributed by atoms with Gasteiger partial charge in [0.2, 0.25) is 0 Å². The highest BCUT2D eigenvalue weighted by Gasteiger charge is 2.54. The molecule has 1 atom stereocenters. The van der Waals surface area contributed by atoms with Crippen LogP contribution in [0.15, 0.2) is 11.6 Å². The van der Waals surface area contributed by atoms with Crippen LogP contribution in [-0.2, 0) is 9.59 Å². The minimum Gasteiger partial charge on any atom is -0.480 e. The first-order chi connectivity index (χ1) is 6.05. The SMILES string of the molecule is CCCCC1=CC1(C(C)=O)C(=O)O. The van der Waals surface area contributed by atoms with Crippen LogP contribution in [0.2, 0.25) is 0 Å². The van der Waals surface area contributed by atoms with E-state index in [4.69, 9.17) is 5.11 Å². The Morgan fingerprint density at radius 1 is 1.54 bits per heavy atom. The van der Waals surface area contributed by atoms with Gasteiger partial charge in [-0.15, -0.1) is 0 Å². The van der Waals surface area contributed by atoms with Crippen LogP contribution in [0.4, 0.5) is 0 Å². The molecule has 0 radical (unpaired) electrons. The van der Waals surface area contributed by atoms with Gasteiger partial charge in [0.1, 0.15) is 0 Å². The Labute approximate surface area is 77.4 Å². The molecule has 1 N–H and O–H groups in total. The minimum absolute atomic E-state index is 0.272. The van der Waals surface area contributed by atoms with Crippen LogP contribution in [0.3, 0.4) is 0 Å². The molecule has 0 spiro atoms. The molecule has 1 rings (SSSR count). The fraction of sp³-hybridized carbons (Fsp3) is 0.600. The lowest BCUT2D eigenvalue weighted by atomic mass is 9.93. The standard InChI is InChI=1S/C10H14O3/c1-3-4-5-8-6-10(8,7(2)11)9(12)13/h6H,3-5H2,1-2H3,(H,12,13). The smallest absolute Gasteiger partial charge is 0.325 e. The Hall–Kier alpha value is -1.12. The van der Waals surface area contributed by atoms with Crippen molar-refractivity contribution in [3.05, 3.63) is 11.6 Å². The summed E-state index contributed by atoms with van der Waals surface area (Å²) in [6.07, 6.45) is 4.29. The average molecular weight is 182 g/mol. The first kappa shape index (κ1) is 9.96. The van der Waals surface area contributed by atoms with E-state index in [-0.39, 0.29) is 5.78 Å². The summed E-state index contributed by atoms with van der Waals surface area (Å²) in [6, 6.07) is 0. The van der Waals surface area contributed by atoms with Gasteiger partial charge in [0.05, 0.1) is 0 Å². The van der Waals surface area contributed by atoms with Gasteiger partial charge in [-0.2, -0.15) is 0 Å². The zero-order valence-corrected chi connectivity index (χ0v) is 7.96. The van der Waals surface area contributed by atoms with Gasteiger partial charge in [0.25, 0.3) is 0 Å². The number of aliphatic carboxylic acids is 1. The maximum absolute atomic E-state index is 11.1. The fourth-order valence-electron chi connectivity index (χ4n) is 1.54. The van der Waals surface area contributed by atoms with Crippen LogP contribution in [0, 0.1) is 5.41 Å². The van der Waals surface area contributed by atoms with Gasteiger partial charge in [-0.3, -0.25) is 9.59 Å². The van der Waals surface area contributed by atoms with E-state index < -0.39 is 11.4 Å². The zero-order chi connectivity index (χ0) is 10.1. The predicted octanol–water partition coefficient (Wildman–Crippen LogP) is 1.78. The fourth-order valence-corrected chi connectivity index (χ4v) is 1.54. The van der Waals surface area contributed by atoms with Crippen molar-refractivity contribution in [2.75, 3.05) is 0 Å². The zero-order valence-electron chi connectivity index (χ0n) is 7.96. The lowest BCUT2D eigenvalue weighted by Crippen LogP contribution is -2.26. The minimum atomic E-state index is -1.21. The maximum Gasteiger partial charge on any atom is 0.325 e. The van der Waals surface area contributed by atoms with Gasteiger partial charge >= 0.3 is 5.97 Å². The van der Waals surface area contributed by atoms with E-state index in [0.29, 0.717) is 0 Å². The lowest BCUT2D eigenvalue weighted by molar-refractivity contribution is -0.146. The quantitative estimate of drug-likeness (QED) is 0.520. The Morgan fingerprint density at radius 3 is 2.46 bits per heavy atom. The van der Waals surface area contributed by atoms with Crippen LogP contribution in [0.1, 0.15) is 33.1 Å². The number of Topliss-reactive ketones (excluding diaryl/α,β-unsaturated/α-hetero) is 1. The van der Waals surface area contributed by atoms with Gasteiger partial charge < -0.3 is 5.11 Å². The van der Waals surface area contributed by atoms with Crippen LogP contribution in [0.5, 0.6) is 0 Å². The van der Waals surface area contributed by atoms with Gasteiger partial charge in [0.15, 0.2) is 11.2 Å². The Bertz CT molecular complexity index is 262. The first-order valence-electron chi connectivity index (χ1n) is 4.52. The highest BCUT2D eigenvalue weighted by molar-refractivity contribution is 6.12. The molecule has 0 fully saturated rings. The number of hydrogen-bond donors (Lipinski definition) is 1. The van der Waals surface area contributed by atoms with E-state index in [1.807, 2.05) is 6.92 Å². The molecular weight excluding hydrogens is 168 g/mol. The molecule has 0 amide bonds. The molecule has 1 unspecified atom stereocenters.